The van der Waals surface area contributed by atoms with Crippen LogP contribution in [-0.4, -0.2) is 7.05 Å². The predicted octanol–water partition coefficient (Wildman–Crippen LogP) is 4.77. The Labute approximate surface area is 136 Å². The van der Waals surface area contributed by atoms with Crippen LogP contribution < -0.4 is 10.7 Å². The van der Waals surface area contributed by atoms with Gasteiger partial charge in [-0.3, -0.25) is 4.79 Å². The van der Waals surface area contributed by atoms with E-state index in [2.05, 4.69) is 21.2 Å². The minimum Gasteiger partial charge on any atom is -0.456 e. The molecule has 3 rings (SSSR count). The Morgan fingerprint density at radius 2 is 1.82 bits per heavy atom. The number of hydrogen-bond acceptors (Lipinski definition) is 3. The SMILES string of the molecule is CNc1ccc(C=Cc2cc(=O)c3cc(Br)ccc3o2)cc1. The van der Waals surface area contributed by atoms with Gasteiger partial charge in [-0.15, -0.1) is 0 Å². The second-order valence-corrected chi connectivity index (χ2v) is 5.77. The van der Waals surface area contributed by atoms with Gasteiger partial charge in [0.15, 0.2) is 5.43 Å². The fourth-order valence-corrected chi connectivity index (χ4v) is 2.53. The molecule has 0 atom stereocenters. The molecular weight excluding hydrogens is 342 g/mol. The lowest BCUT2D eigenvalue weighted by Crippen LogP contribution is -1.99. The van der Waals surface area contributed by atoms with E-state index in [1.165, 1.54) is 6.07 Å². The number of benzene rings is 2. The Kier molecular flexibility index (Phi) is 4.11. The molecule has 0 fully saturated rings. The zero-order chi connectivity index (χ0) is 15.5. The van der Waals surface area contributed by atoms with Crippen LogP contribution in [0.2, 0.25) is 0 Å². The third-order valence-corrected chi connectivity index (χ3v) is 3.84. The summed E-state index contributed by atoms with van der Waals surface area (Å²) in [6, 6.07) is 14.9. The lowest BCUT2D eigenvalue weighted by molar-refractivity contribution is 0.591. The van der Waals surface area contributed by atoms with Gasteiger partial charge in [0, 0.05) is 23.3 Å². The average Bonchev–Trinajstić information content (AvgIpc) is 2.54. The van der Waals surface area contributed by atoms with Crippen molar-refractivity contribution in [3.8, 4) is 0 Å². The van der Waals surface area contributed by atoms with Crippen LogP contribution in [0.5, 0.6) is 0 Å². The van der Waals surface area contributed by atoms with Crippen molar-refractivity contribution < 1.29 is 4.42 Å². The van der Waals surface area contributed by atoms with Crippen LogP contribution in [0.25, 0.3) is 23.1 Å². The number of nitrogens with one attached hydrogen (secondary N) is 1. The molecule has 110 valence electrons. The average molecular weight is 356 g/mol. The van der Waals surface area contributed by atoms with E-state index in [9.17, 15) is 4.79 Å². The largest absolute Gasteiger partial charge is 0.456 e. The molecule has 0 aliphatic carbocycles. The molecule has 0 aliphatic rings. The van der Waals surface area contributed by atoms with Crippen molar-refractivity contribution in [3.05, 3.63) is 74.6 Å². The summed E-state index contributed by atoms with van der Waals surface area (Å²) >= 11 is 3.36. The molecule has 4 heteroatoms. The second-order valence-electron chi connectivity index (χ2n) is 4.86. The molecule has 3 aromatic rings. The molecule has 0 amide bonds. The van der Waals surface area contributed by atoms with Crippen molar-refractivity contribution in [2.24, 2.45) is 0 Å². The van der Waals surface area contributed by atoms with Crippen LogP contribution in [0.1, 0.15) is 11.3 Å². The normalized spacial score (nSPS) is 11.2. The van der Waals surface area contributed by atoms with Gasteiger partial charge in [0.25, 0.3) is 0 Å². The lowest BCUT2D eigenvalue weighted by Gasteiger charge is -2.01. The van der Waals surface area contributed by atoms with Gasteiger partial charge in [0.2, 0.25) is 0 Å². The Morgan fingerprint density at radius 1 is 1.05 bits per heavy atom. The van der Waals surface area contributed by atoms with E-state index < -0.39 is 0 Å². The zero-order valence-corrected chi connectivity index (χ0v) is 13.6. The summed E-state index contributed by atoms with van der Waals surface area (Å²) in [4.78, 5) is 12.1. The molecule has 3 nitrogen and oxygen atoms in total. The molecular formula is C18H14BrNO2. The van der Waals surface area contributed by atoms with Gasteiger partial charge in [-0.05, 0) is 42.0 Å². The highest BCUT2D eigenvalue weighted by Gasteiger charge is 2.03. The van der Waals surface area contributed by atoms with Crippen molar-refractivity contribution >= 4 is 44.7 Å². The molecule has 1 heterocycles. The molecule has 0 spiro atoms. The van der Waals surface area contributed by atoms with E-state index in [1.54, 1.807) is 18.2 Å². The van der Waals surface area contributed by atoms with Gasteiger partial charge in [-0.2, -0.15) is 0 Å². The third kappa shape index (κ3) is 3.12. The fraction of sp³-hybridized carbons (Fsp3) is 0.0556. The summed E-state index contributed by atoms with van der Waals surface area (Å²) in [5.74, 6) is 0.539. The van der Waals surface area contributed by atoms with E-state index >= 15 is 0 Å². The van der Waals surface area contributed by atoms with Crippen molar-refractivity contribution in [2.75, 3.05) is 12.4 Å². The highest BCUT2D eigenvalue weighted by atomic mass is 79.9. The number of hydrogen-bond donors (Lipinski definition) is 1. The van der Waals surface area contributed by atoms with Crippen molar-refractivity contribution in [3.63, 3.8) is 0 Å². The number of rotatable bonds is 3. The first-order chi connectivity index (χ1) is 10.7. The van der Waals surface area contributed by atoms with Crippen LogP contribution >= 0.6 is 15.9 Å². The van der Waals surface area contributed by atoms with Crippen LogP contribution in [0, 0.1) is 0 Å². The van der Waals surface area contributed by atoms with Gasteiger partial charge in [-0.1, -0.05) is 34.1 Å². The van der Waals surface area contributed by atoms with Gasteiger partial charge in [0.05, 0.1) is 5.39 Å². The monoisotopic (exact) mass is 355 g/mol. The first-order valence-corrected chi connectivity index (χ1v) is 7.64. The van der Waals surface area contributed by atoms with Gasteiger partial charge in [-0.25, -0.2) is 0 Å². The topological polar surface area (TPSA) is 42.2 Å². The Hall–Kier alpha value is -2.33. The van der Waals surface area contributed by atoms with Crippen LogP contribution in [-0.2, 0) is 0 Å². The number of halogens is 1. The van der Waals surface area contributed by atoms with Crippen molar-refractivity contribution in [1.29, 1.82) is 0 Å². The molecule has 2 aromatic carbocycles. The quantitative estimate of drug-likeness (QED) is 0.735. The fourth-order valence-electron chi connectivity index (χ4n) is 2.17. The molecule has 22 heavy (non-hydrogen) atoms. The molecule has 1 aromatic heterocycles. The van der Waals surface area contributed by atoms with Crippen LogP contribution in [0.3, 0.4) is 0 Å². The zero-order valence-electron chi connectivity index (χ0n) is 12.0. The molecule has 0 saturated heterocycles. The van der Waals surface area contributed by atoms with E-state index in [-0.39, 0.29) is 5.43 Å². The summed E-state index contributed by atoms with van der Waals surface area (Å²) in [5, 5.41) is 3.65. The van der Waals surface area contributed by atoms with Crippen molar-refractivity contribution in [2.45, 2.75) is 0 Å². The predicted molar refractivity (Wildman–Crippen MR) is 95.1 cm³/mol. The van der Waals surface area contributed by atoms with Crippen LogP contribution in [0.15, 0.2) is 62.2 Å². The summed E-state index contributed by atoms with van der Waals surface area (Å²) < 4.78 is 6.61. The number of anilines is 1. The molecule has 0 saturated carbocycles. The van der Waals surface area contributed by atoms with Gasteiger partial charge >= 0.3 is 0 Å². The molecule has 0 bridgehead atoms. The Morgan fingerprint density at radius 3 is 2.55 bits per heavy atom. The maximum atomic E-state index is 12.1. The van der Waals surface area contributed by atoms with Gasteiger partial charge < -0.3 is 9.73 Å². The smallest absolute Gasteiger partial charge is 0.193 e. The lowest BCUT2D eigenvalue weighted by atomic mass is 10.1. The Bertz CT molecular complexity index is 895. The van der Waals surface area contributed by atoms with Crippen LogP contribution in [0.4, 0.5) is 5.69 Å². The van der Waals surface area contributed by atoms with E-state index in [1.807, 2.05) is 43.5 Å². The molecule has 0 radical (unpaired) electrons. The summed E-state index contributed by atoms with van der Waals surface area (Å²) in [7, 11) is 1.88. The standard InChI is InChI=1S/C18H14BrNO2/c1-20-14-6-2-12(3-7-14)4-8-15-11-17(21)16-10-13(19)5-9-18(16)22-15/h2-11,20H,1H3. The van der Waals surface area contributed by atoms with E-state index in [4.69, 9.17) is 4.42 Å². The van der Waals surface area contributed by atoms with Crippen molar-refractivity contribution in [1.82, 2.24) is 0 Å². The molecule has 0 unspecified atom stereocenters. The number of fused-ring (bicyclic) bond motifs is 1. The van der Waals surface area contributed by atoms with E-state index in [0.717, 1.165) is 15.7 Å². The summed E-state index contributed by atoms with van der Waals surface area (Å²) in [6.45, 7) is 0. The molecule has 1 N–H and O–H groups in total. The summed E-state index contributed by atoms with van der Waals surface area (Å²) in [5.41, 5.74) is 2.63. The highest BCUT2D eigenvalue weighted by Crippen LogP contribution is 2.19. The maximum absolute atomic E-state index is 12.1. The Balaban J connectivity index is 1.94. The second kappa shape index (κ2) is 6.20. The van der Waals surface area contributed by atoms with E-state index in [0.29, 0.717) is 16.7 Å². The first kappa shape index (κ1) is 14.6. The minimum atomic E-state index is -0.0484. The maximum Gasteiger partial charge on any atom is 0.193 e. The first-order valence-electron chi connectivity index (χ1n) is 6.85. The van der Waals surface area contributed by atoms with Gasteiger partial charge in [0.1, 0.15) is 11.3 Å². The summed E-state index contributed by atoms with van der Waals surface area (Å²) in [6.07, 6.45) is 3.72. The highest BCUT2D eigenvalue weighted by molar-refractivity contribution is 9.10. The minimum absolute atomic E-state index is 0.0484. The molecule has 0 aliphatic heterocycles. The third-order valence-electron chi connectivity index (χ3n) is 3.35.